The molecule has 0 bridgehead atoms. The summed E-state index contributed by atoms with van der Waals surface area (Å²) in [5.41, 5.74) is 6.90. The van der Waals surface area contributed by atoms with Crippen molar-refractivity contribution in [2.75, 3.05) is 19.0 Å². The minimum atomic E-state index is -0.139. The number of hydrogen-bond donors (Lipinski definition) is 3. The first-order chi connectivity index (χ1) is 9.17. The number of anilines is 1. The number of hydrogen-bond acceptors (Lipinski definition) is 4. The summed E-state index contributed by atoms with van der Waals surface area (Å²) < 4.78 is 5.41. The Morgan fingerprint density at radius 2 is 2.32 bits per heavy atom. The number of carbonyl (C=O) groups is 1. The Morgan fingerprint density at radius 3 is 3.00 bits per heavy atom. The molecular weight excluding hydrogens is 242 g/mol. The van der Waals surface area contributed by atoms with E-state index in [1.54, 1.807) is 7.05 Å². The van der Waals surface area contributed by atoms with Crippen molar-refractivity contribution in [2.24, 2.45) is 5.73 Å². The maximum absolute atomic E-state index is 11.1. The van der Waals surface area contributed by atoms with Crippen molar-refractivity contribution < 1.29 is 9.53 Å². The van der Waals surface area contributed by atoms with Gasteiger partial charge in [0.15, 0.2) is 6.61 Å². The lowest BCUT2D eigenvalue weighted by Crippen LogP contribution is -2.24. The van der Waals surface area contributed by atoms with Crippen LogP contribution in [0.15, 0.2) is 24.3 Å². The van der Waals surface area contributed by atoms with Crippen LogP contribution in [-0.4, -0.2) is 31.6 Å². The maximum atomic E-state index is 11.1. The van der Waals surface area contributed by atoms with Gasteiger partial charge in [0.25, 0.3) is 5.91 Å². The van der Waals surface area contributed by atoms with Gasteiger partial charge in [-0.2, -0.15) is 0 Å². The first-order valence-electron chi connectivity index (χ1n) is 6.63. The molecule has 0 aromatic heterocycles. The number of rotatable bonds is 5. The van der Waals surface area contributed by atoms with Gasteiger partial charge in [0, 0.05) is 30.9 Å². The summed E-state index contributed by atoms with van der Waals surface area (Å²) in [6.07, 6.45) is 3.18. The number of nitrogens with two attached hydrogens (primary N) is 1. The van der Waals surface area contributed by atoms with Gasteiger partial charge in [-0.1, -0.05) is 6.07 Å². The molecule has 0 saturated heterocycles. The van der Waals surface area contributed by atoms with Gasteiger partial charge in [-0.15, -0.1) is 0 Å². The van der Waals surface area contributed by atoms with Gasteiger partial charge in [-0.3, -0.25) is 4.79 Å². The van der Waals surface area contributed by atoms with E-state index in [1.807, 2.05) is 24.3 Å². The molecule has 1 aliphatic carbocycles. The van der Waals surface area contributed by atoms with E-state index in [-0.39, 0.29) is 12.5 Å². The number of carbonyl (C=O) groups excluding carboxylic acids is 1. The topological polar surface area (TPSA) is 76.4 Å². The first kappa shape index (κ1) is 13.7. The molecule has 5 nitrogen and oxygen atoms in total. The number of nitrogens with one attached hydrogen (secondary N) is 2. The van der Waals surface area contributed by atoms with E-state index >= 15 is 0 Å². The van der Waals surface area contributed by atoms with E-state index in [1.165, 1.54) is 0 Å². The standard InChI is InChI=1S/C14H21N3O2/c1-16-14(18)9-19-13-4-2-3-11(8-13)17-12-6-5-10(15)7-12/h2-4,8,10,12,17H,5-7,9,15H2,1H3,(H,16,18). The van der Waals surface area contributed by atoms with Crippen molar-refractivity contribution in [3.63, 3.8) is 0 Å². The number of likely N-dealkylation sites (N-methyl/N-ethyl adjacent to an activating group) is 1. The van der Waals surface area contributed by atoms with Gasteiger partial charge in [-0.25, -0.2) is 0 Å². The molecule has 0 spiro atoms. The van der Waals surface area contributed by atoms with Crippen molar-refractivity contribution in [3.8, 4) is 5.75 Å². The van der Waals surface area contributed by atoms with Crippen LogP contribution in [0.2, 0.25) is 0 Å². The summed E-state index contributed by atoms with van der Waals surface area (Å²) in [7, 11) is 1.59. The minimum absolute atomic E-state index is 0.0360. The van der Waals surface area contributed by atoms with Crippen LogP contribution >= 0.6 is 0 Å². The van der Waals surface area contributed by atoms with Gasteiger partial charge in [-0.05, 0) is 31.4 Å². The van der Waals surface area contributed by atoms with Crippen LogP contribution in [0.25, 0.3) is 0 Å². The van der Waals surface area contributed by atoms with Gasteiger partial charge < -0.3 is 21.1 Å². The van der Waals surface area contributed by atoms with Crippen LogP contribution in [-0.2, 0) is 4.79 Å². The molecule has 4 N–H and O–H groups in total. The normalized spacial score (nSPS) is 22.0. The summed E-state index contributed by atoms with van der Waals surface area (Å²) in [6.45, 7) is 0.0360. The number of ether oxygens (including phenoxy) is 1. The quantitative estimate of drug-likeness (QED) is 0.743. The van der Waals surface area contributed by atoms with Gasteiger partial charge in [0.05, 0.1) is 0 Å². The fourth-order valence-electron chi connectivity index (χ4n) is 2.28. The summed E-state index contributed by atoms with van der Waals surface area (Å²) in [5, 5.41) is 5.97. The van der Waals surface area contributed by atoms with E-state index in [4.69, 9.17) is 10.5 Å². The molecule has 1 aromatic carbocycles. The predicted octanol–water partition coefficient (Wildman–Crippen LogP) is 1.10. The lowest BCUT2D eigenvalue weighted by atomic mass is 10.2. The van der Waals surface area contributed by atoms with Gasteiger partial charge in [0.2, 0.25) is 0 Å². The molecule has 2 rings (SSSR count). The zero-order valence-corrected chi connectivity index (χ0v) is 11.2. The Kier molecular flexibility index (Phi) is 4.63. The Labute approximate surface area is 113 Å². The molecule has 5 heteroatoms. The van der Waals surface area contributed by atoms with Gasteiger partial charge >= 0.3 is 0 Å². The first-order valence-corrected chi connectivity index (χ1v) is 6.63. The third kappa shape index (κ3) is 4.13. The van der Waals surface area contributed by atoms with Crippen LogP contribution in [0.3, 0.4) is 0 Å². The van der Waals surface area contributed by atoms with E-state index in [0.717, 1.165) is 24.9 Å². The lowest BCUT2D eigenvalue weighted by Gasteiger charge is -2.15. The average Bonchev–Trinajstić information content (AvgIpc) is 2.82. The number of amides is 1. The maximum Gasteiger partial charge on any atom is 0.257 e. The monoisotopic (exact) mass is 263 g/mol. The highest BCUT2D eigenvalue weighted by Gasteiger charge is 2.21. The number of benzene rings is 1. The van der Waals surface area contributed by atoms with E-state index in [2.05, 4.69) is 10.6 Å². The fourth-order valence-corrected chi connectivity index (χ4v) is 2.28. The molecule has 104 valence electrons. The lowest BCUT2D eigenvalue weighted by molar-refractivity contribution is -0.122. The van der Waals surface area contributed by atoms with Crippen LogP contribution in [0.1, 0.15) is 19.3 Å². The molecule has 0 heterocycles. The highest BCUT2D eigenvalue weighted by atomic mass is 16.5. The van der Waals surface area contributed by atoms with Crippen molar-refractivity contribution in [3.05, 3.63) is 24.3 Å². The molecule has 1 aliphatic rings. The Balaban J connectivity index is 1.89. The van der Waals surface area contributed by atoms with E-state index in [9.17, 15) is 4.79 Å². The molecule has 0 aliphatic heterocycles. The summed E-state index contributed by atoms with van der Waals surface area (Å²) in [6, 6.07) is 8.41. The Morgan fingerprint density at radius 1 is 1.47 bits per heavy atom. The highest BCUT2D eigenvalue weighted by molar-refractivity contribution is 5.77. The van der Waals surface area contributed by atoms with E-state index in [0.29, 0.717) is 17.8 Å². The molecule has 2 atom stereocenters. The molecule has 1 aromatic rings. The zero-order valence-electron chi connectivity index (χ0n) is 11.2. The largest absolute Gasteiger partial charge is 0.484 e. The van der Waals surface area contributed by atoms with Crippen molar-refractivity contribution in [1.29, 1.82) is 0 Å². The van der Waals surface area contributed by atoms with Gasteiger partial charge in [0.1, 0.15) is 5.75 Å². The second kappa shape index (κ2) is 6.43. The Hall–Kier alpha value is -1.75. The molecule has 1 saturated carbocycles. The molecule has 2 unspecified atom stereocenters. The Bertz CT molecular complexity index is 436. The molecule has 0 radical (unpaired) electrons. The second-order valence-corrected chi connectivity index (χ2v) is 4.90. The summed E-state index contributed by atoms with van der Waals surface area (Å²) in [4.78, 5) is 11.1. The summed E-state index contributed by atoms with van der Waals surface area (Å²) in [5.74, 6) is 0.552. The van der Waals surface area contributed by atoms with Crippen LogP contribution < -0.4 is 21.1 Å². The van der Waals surface area contributed by atoms with Crippen LogP contribution in [0.5, 0.6) is 5.75 Å². The molecular formula is C14H21N3O2. The van der Waals surface area contributed by atoms with E-state index < -0.39 is 0 Å². The second-order valence-electron chi connectivity index (χ2n) is 4.90. The average molecular weight is 263 g/mol. The third-order valence-corrected chi connectivity index (χ3v) is 3.33. The van der Waals surface area contributed by atoms with Crippen molar-refractivity contribution in [2.45, 2.75) is 31.3 Å². The van der Waals surface area contributed by atoms with Crippen LogP contribution in [0, 0.1) is 0 Å². The minimum Gasteiger partial charge on any atom is -0.484 e. The predicted molar refractivity (Wildman–Crippen MR) is 75.2 cm³/mol. The van der Waals surface area contributed by atoms with Crippen LogP contribution in [0.4, 0.5) is 5.69 Å². The van der Waals surface area contributed by atoms with Crippen molar-refractivity contribution in [1.82, 2.24) is 5.32 Å². The SMILES string of the molecule is CNC(=O)COc1cccc(NC2CCC(N)C2)c1. The molecule has 1 amide bonds. The summed E-state index contributed by atoms with van der Waals surface area (Å²) >= 11 is 0. The zero-order chi connectivity index (χ0) is 13.7. The third-order valence-electron chi connectivity index (χ3n) is 3.33. The smallest absolute Gasteiger partial charge is 0.257 e. The molecule has 19 heavy (non-hydrogen) atoms. The molecule has 1 fully saturated rings. The van der Waals surface area contributed by atoms with Crippen molar-refractivity contribution >= 4 is 11.6 Å². The highest BCUT2D eigenvalue weighted by Crippen LogP contribution is 2.24. The fraction of sp³-hybridized carbons (Fsp3) is 0.500.